The standard InChI is InChI=1S/C15H14F2N2O6S/c1-24-13-7-4-11(19(20)21)8-14(13)26(22,23)18-9-10-2-5-12(6-3-10)25-15(16)17/h2-8,15,18H,9H2,1H3. The Bertz CT molecular complexity index is 888. The summed E-state index contributed by atoms with van der Waals surface area (Å²) in [6.45, 7) is -3.12. The topological polar surface area (TPSA) is 108 Å². The van der Waals surface area contributed by atoms with Crippen molar-refractivity contribution < 1.29 is 31.6 Å². The minimum absolute atomic E-state index is 0.0521. The zero-order chi connectivity index (χ0) is 19.3. The van der Waals surface area contributed by atoms with Gasteiger partial charge in [-0.1, -0.05) is 12.1 Å². The van der Waals surface area contributed by atoms with Crippen molar-refractivity contribution in [2.45, 2.75) is 18.1 Å². The van der Waals surface area contributed by atoms with Gasteiger partial charge in [-0.3, -0.25) is 10.1 Å². The molecule has 0 amide bonds. The molecule has 1 N–H and O–H groups in total. The van der Waals surface area contributed by atoms with Crippen molar-refractivity contribution in [2.24, 2.45) is 0 Å². The maximum atomic E-state index is 12.4. The number of benzene rings is 2. The third-order valence-electron chi connectivity index (χ3n) is 3.26. The van der Waals surface area contributed by atoms with Crippen molar-refractivity contribution in [1.29, 1.82) is 0 Å². The molecule has 0 fully saturated rings. The van der Waals surface area contributed by atoms with E-state index in [0.29, 0.717) is 5.56 Å². The summed E-state index contributed by atoms with van der Waals surface area (Å²) in [4.78, 5) is 9.75. The molecule has 0 radical (unpaired) electrons. The molecular formula is C15H14F2N2O6S. The number of non-ortho nitro benzene ring substituents is 1. The van der Waals surface area contributed by atoms with Crippen molar-refractivity contribution in [3.63, 3.8) is 0 Å². The molecule has 2 aromatic rings. The highest BCUT2D eigenvalue weighted by atomic mass is 32.2. The lowest BCUT2D eigenvalue weighted by Gasteiger charge is -2.11. The summed E-state index contributed by atoms with van der Waals surface area (Å²) in [7, 11) is -2.88. The molecule has 0 spiro atoms. The Balaban J connectivity index is 2.18. The van der Waals surface area contributed by atoms with Gasteiger partial charge in [0.2, 0.25) is 10.0 Å². The van der Waals surface area contributed by atoms with Crippen molar-refractivity contribution in [2.75, 3.05) is 7.11 Å². The van der Waals surface area contributed by atoms with Crippen molar-refractivity contribution in [1.82, 2.24) is 4.72 Å². The fourth-order valence-electron chi connectivity index (χ4n) is 2.03. The van der Waals surface area contributed by atoms with Crippen molar-refractivity contribution in [3.05, 3.63) is 58.1 Å². The first-order chi connectivity index (χ1) is 12.2. The smallest absolute Gasteiger partial charge is 0.387 e. The molecule has 2 rings (SSSR count). The Hall–Kier alpha value is -2.79. The van der Waals surface area contributed by atoms with Crippen LogP contribution in [0.1, 0.15) is 5.56 Å². The average Bonchev–Trinajstić information content (AvgIpc) is 2.60. The SMILES string of the molecule is COc1ccc([N+](=O)[O-])cc1S(=O)(=O)NCc1ccc(OC(F)F)cc1. The number of alkyl halides is 2. The average molecular weight is 388 g/mol. The van der Waals surface area contributed by atoms with E-state index in [2.05, 4.69) is 9.46 Å². The van der Waals surface area contributed by atoms with Crippen LogP contribution < -0.4 is 14.2 Å². The molecule has 0 aromatic heterocycles. The summed E-state index contributed by atoms with van der Waals surface area (Å²) in [5.74, 6) is -0.115. The van der Waals surface area contributed by atoms with Gasteiger partial charge in [-0.2, -0.15) is 8.78 Å². The van der Waals surface area contributed by atoms with Crippen LogP contribution in [0.15, 0.2) is 47.4 Å². The first-order valence-corrected chi connectivity index (χ1v) is 8.57. The highest BCUT2D eigenvalue weighted by Gasteiger charge is 2.23. The number of sulfonamides is 1. The number of nitro benzene ring substituents is 1. The monoisotopic (exact) mass is 388 g/mol. The molecule has 0 heterocycles. The minimum atomic E-state index is -4.12. The summed E-state index contributed by atoms with van der Waals surface area (Å²) in [5.41, 5.74) is 0.0688. The second-order valence-corrected chi connectivity index (χ2v) is 6.67. The van der Waals surface area contributed by atoms with Gasteiger partial charge in [-0.25, -0.2) is 13.1 Å². The lowest BCUT2D eigenvalue weighted by molar-refractivity contribution is -0.385. The third kappa shape index (κ3) is 4.86. The zero-order valence-corrected chi connectivity index (χ0v) is 14.2. The Kier molecular flexibility index (Phi) is 6.05. The largest absolute Gasteiger partial charge is 0.495 e. The third-order valence-corrected chi connectivity index (χ3v) is 4.68. The molecule has 0 bridgehead atoms. The number of halogens is 2. The number of nitrogens with one attached hydrogen (secondary N) is 1. The number of hydrogen-bond acceptors (Lipinski definition) is 6. The summed E-state index contributed by atoms with van der Waals surface area (Å²) in [6.07, 6.45) is 0. The second kappa shape index (κ2) is 8.06. The van der Waals surface area contributed by atoms with Crippen LogP contribution in [0.3, 0.4) is 0 Å². The van der Waals surface area contributed by atoms with E-state index in [4.69, 9.17) is 4.74 Å². The quantitative estimate of drug-likeness (QED) is 0.550. The van der Waals surface area contributed by atoms with Gasteiger partial charge in [0.05, 0.1) is 12.0 Å². The summed E-state index contributed by atoms with van der Waals surface area (Å²) >= 11 is 0. The van der Waals surface area contributed by atoms with Crippen LogP contribution in [0.5, 0.6) is 11.5 Å². The number of hydrogen-bond donors (Lipinski definition) is 1. The predicted molar refractivity (Wildman–Crippen MR) is 86.7 cm³/mol. The van der Waals surface area contributed by atoms with Crippen LogP contribution in [0, 0.1) is 10.1 Å². The van der Waals surface area contributed by atoms with Gasteiger partial charge < -0.3 is 9.47 Å². The normalized spacial score (nSPS) is 11.4. The number of ether oxygens (including phenoxy) is 2. The Morgan fingerprint density at radius 1 is 1.19 bits per heavy atom. The number of nitrogens with zero attached hydrogens (tertiary/aromatic N) is 1. The molecule has 140 valence electrons. The number of nitro groups is 1. The van der Waals surface area contributed by atoms with Gasteiger partial charge in [0, 0.05) is 18.7 Å². The Labute approximate surface area is 147 Å². The van der Waals surface area contributed by atoms with Gasteiger partial charge in [-0.05, 0) is 23.8 Å². The molecule has 11 heteroatoms. The molecule has 0 aliphatic carbocycles. The lowest BCUT2D eigenvalue weighted by Crippen LogP contribution is -2.23. The van der Waals surface area contributed by atoms with Crippen LogP contribution in [0.2, 0.25) is 0 Å². The summed E-state index contributed by atoms with van der Waals surface area (Å²) in [5, 5.41) is 10.9. The fourth-order valence-corrected chi connectivity index (χ4v) is 3.24. The maximum absolute atomic E-state index is 12.4. The van der Waals surface area contributed by atoms with Crippen molar-refractivity contribution >= 4 is 15.7 Å². The first-order valence-electron chi connectivity index (χ1n) is 7.09. The molecule has 8 nitrogen and oxygen atoms in total. The molecule has 2 aromatic carbocycles. The minimum Gasteiger partial charge on any atom is -0.495 e. The highest BCUT2D eigenvalue weighted by molar-refractivity contribution is 7.89. The van der Waals surface area contributed by atoms with E-state index in [1.807, 2.05) is 0 Å². The Morgan fingerprint density at radius 3 is 2.38 bits per heavy atom. The summed E-state index contributed by atoms with van der Waals surface area (Å²) in [6, 6.07) is 8.55. The van der Waals surface area contributed by atoms with Gasteiger partial charge in [0.1, 0.15) is 16.4 Å². The van der Waals surface area contributed by atoms with Gasteiger partial charge in [0.25, 0.3) is 5.69 Å². The lowest BCUT2D eigenvalue weighted by atomic mass is 10.2. The molecule has 0 saturated carbocycles. The highest BCUT2D eigenvalue weighted by Crippen LogP contribution is 2.28. The maximum Gasteiger partial charge on any atom is 0.387 e. The molecule has 0 saturated heterocycles. The van der Waals surface area contributed by atoms with Gasteiger partial charge >= 0.3 is 6.61 Å². The fraction of sp³-hybridized carbons (Fsp3) is 0.200. The van der Waals surface area contributed by atoms with Crippen LogP contribution in [0.4, 0.5) is 14.5 Å². The Morgan fingerprint density at radius 2 is 1.85 bits per heavy atom. The van der Waals surface area contributed by atoms with Crippen LogP contribution in [0.25, 0.3) is 0 Å². The van der Waals surface area contributed by atoms with E-state index in [1.165, 1.54) is 37.4 Å². The van der Waals surface area contributed by atoms with E-state index in [0.717, 1.165) is 12.1 Å². The van der Waals surface area contributed by atoms with E-state index in [-0.39, 0.29) is 22.9 Å². The molecule has 0 aliphatic heterocycles. The number of methoxy groups -OCH3 is 1. The van der Waals surface area contributed by atoms with Gasteiger partial charge in [-0.15, -0.1) is 0 Å². The molecular weight excluding hydrogens is 374 g/mol. The molecule has 0 atom stereocenters. The summed E-state index contributed by atoms with van der Waals surface area (Å²) < 4.78 is 60.5. The predicted octanol–water partition coefficient (Wildman–Crippen LogP) is 2.68. The van der Waals surface area contributed by atoms with E-state index >= 15 is 0 Å². The van der Waals surface area contributed by atoms with Crippen LogP contribution >= 0.6 is 0 Å². The first kappa shape index (κ1) is 19.5. The van der Waals surface area contributed by atoms with Crippen LogP contribution in [-0.4, -0.2) is 27.1 Å². The zero-order valence-electron chi connectivity index (χ0n) is 13.4. The van der Waals surface area contributed by atoms with Crippen molar-refractivity contribution in [3.8, 4) is 11.5 Å². The van der Waals surface area contributed by atoms with E-state index < -0.39 is 27.2 Å². The second-order valence-electron chi connectivity index (χ2n) is 4.94. The van der Waals surface area contributed by atoms with E-state index in [9.17, 15) is 27.3 Å². The van der Waals surface area contributed by atoms with Gasteiger partial charge in [0.15, 0.2) is 0 Å². The van der Waals surface area contributed by atoms with Crippen LogP contribution in [-0.2, 0) is 16.6 Å². The van der Waals surface area contributed by atoms with E-state index in [1.54, 1.807) is 0 Å². The molecule has 0 aliphatic rings. The number of rotatable bonds is 8. The molecule has 26 heavy (non-hydrogen) atoms. The molecule has 0 unspecified atom stereocenters.